The van der Waals surface area contributed by atoms with E-state index in [-0.39, 0.29) is 39.0 Å². The monoisotopic (exact) mass is 434 g/mol. The zero-order valence-corrected chi connectivity index (χ0v) is 17.1. The van der Waals surface area contributed by atoms with Gasteiger partial charge in [0, 0.05) is 5.56 Å². The van der Waals surface area contributed by atoms with Crippen LogP contribution in [0.15, 0.2) is 48.5 Å². The Labute approximate surface area is 173 Å². The number of benzene rings is 2. The Bertz CT molecular complexity index is 958. The Kier molecular flexibility index (Phi) is 7.26. The summed E-state index contributed by atoms with van der Waals surface area (Å²) in [6.07, 6.45) is -0.655. The summed E-state index contributed by atoms with van der Waals surface area (Å²) in [6, 6.07) is 14.2. The van der Waals surface area contributed by atoms with Crippen LogP contribution in [0.4, 0.5) is 0 Å². The predicted octanol–water partition coefficient (Wildman–Crippen LogP) is 1.73. The van der Waals surface area contributed by atoms with Crippen LogP contribution in [0.1, 0.15) is 6.42 Å². The average molecular weight is 434 g/mol. The van der Waals surface area contributed by atoms with Crippen LogP contribution in [0.5, 0.6) is 5.75 Å². The molecule has 0 spiro atoms. The number of carbonyl (C=O) groups excluding carboxylic acids is 2. The molecule has 2 aromatic carbocycles. The molecule has 1 aliphatic heterocycles. The fourth-order valence-corrected chi connectivity index (χ4v) is 5.89. The first-order valence-corrected chi connectivity index (χ1v) is 11.3. The zero-order valence-electron chi connectivity index (χ0n) is 16.2. The molecule has 1 heterocycles. The van der Waals surface area contributed by atoms with Crippen molar-refractivity contribution in [1.29, 1.82) is 0 Å². The molecule has 2 N–H and O–H groups in total. The topological polar surface area (TPSA) is 119 Å². The van der Waals surface area contributed by atoms with Crippen LogP contribution in [-0.4, -0.2) is 54.7 Å². The van der Waals surface area contributed by atoms with Gasteiger partial charge in [0.15, 0.2) is 0 Å². The van der Waals surface area contributed by atoms with Crippen molar-refractivity contribution in [1.82, 2.24) is 0 Å². The molecule has 0 aliphatic carbocycles. The molecule has 0 saturated carbocycles. The third-order valence-corrected chi connectivity index (χ3v) is 7.13. The van der Waals surface area contributed by atoms with E-state index in [0.29, 0.717) is 11.1 Å². The van der Waals surface area contributed by atoms with Gasteiger partial charge in [-0.1, -0.05) is 36.4 Å². The molecule has 0 bridgehead atoms. The highest BCUT2D eigenvalue weighted by atomic mass is 31.2. The zero-order chi connectivity index (χ0) is 21.6. The van der Waals surface area contributed by atoms with Gasteiger partial charge in [-0.05, 0) is 17.7 Å². The minimum atomic E-state index is -3.58. The van der Waals surface area contributed by atoms with Crippen molar-refractivity contribution in [3.05, 3.63) is 48.5 Å². The Morgan fingerprint density at radius 1 is 0.933 bits per heavy atom. The second-order valence-electron chi connectivity index (χ2n) is 6.70. The fraction of sp³-hybridized carbons (Fsp3) is 0.333. The molecule has 0 fully saturated rings. The van der Waals surface area contributed by atoms with E-state index in [1.54, 1.807) is 24.3 Å². The molecule has 1 aliphatic rings. The van der Waals surface area contributed by atoms with Crippen molar-refractivity contribution in [2.24, 2.45) is 5.92 Å². The van der Waals surface area contributed by atoms with E-state index in [9.17, 15) is 14.2 Å². The van der Waals surface area contributed by atoms with Crippen LogP contribution in [0.3, 0.4) is 0 Å². The van der Waals surface area contributed by atoms with E-state index < -0.39 is 25.2 Å². The van der Waals surface area contributed by atoms with Crippen molar-refractivity contribution in [3.8, 4) is 16.9 Å². The first-order valence-electron chi connectivity index (χ1n) is 9.50. The highest BCUT2D eigenvalue weighted by Crippen LogP contribution is 2.55. The van der Waals surface area contributed by atoms with Gasteiger partial charge in [0.2, 0.25) is 0 Å². The predicted molar refractivity (Wildman–Crippen MR) is 109 cm³/mol. The van der Waals surface area contributed by atoms with Gasteiger partial charge in [-0.15, -0.1) is 0 Å². The van der Waals surface area contributed by atoms with Gasteiger partial charge in [-0.3, -0.25) is 14.2 Å². The summed E-state index contributed by atoms with van der Waals surface area (Å²) >= 11 is 0. The van der Waals surface area contributed by atoms with Gasteiger partial charge in [0.1, 0.15) is 19.0 Å². The van der Waals surface area contributed by atoms with Gasteiger partial charge in [0.25, 0.3) is 7.37 Å². The van der Waals surface area contributed by atoms with E-state index >= 15 is 0 Å². The van der Waals surface area contributed by atoms with Crippen molar-refractivity contribution >= 4 is 24.6 Å². The van der Waals surface area contributed by atoms with Crippen LogP contribution in [-0.2, 0) is 23.6 Å². The molecular weight excluding hydrogens is 411 g/mol. The summed E-state index contributed by atoms with van der Waals surface area (Å²) in [6.45, 7) is -1.18. The smallest absolute Gasteiger partial charge is 0.310 e. The molecule has 3 rings (SSSR count). The number of para-hydroxylation sites is 1. The largest absolute Gasteiger partial charge is 0.463 e. The normalized spacial score (nSPS) is 17.8. The summed E-state index contributed by atoms with van der Waals surface area (Å²) < 4.78 is 29.7. The van der Waals surface area contributed by atoms with Crippen LogP contribution >= 0.6 is 7.37 Å². The maximum Gasteiger partial charge on any atom is 0.310 e. The summed E-state index contributed by atoms with van der Waals surface area (Å²) in [7, 11) is -3.58. The van der Waals surface area contributed by atoms with Crippen molar-refractivity contribution in [3.63, 3.8) is 0 Å². The average Bonchev–Trinajstić information content (AvgIpc) is 2.75. The highest BCUT2D eigenvalue weighted by Gasteiger charge is 2.41. The number of rotatable bonds is 9. The van der Waals surface area contributed by atoms with Crippen molar-refractivity contribution < 1.29 is 38.4 Å². The SMILES string of the molecule is O=C(C[C@H](C[P@]1(=O)Oc2ccccc2-c2ccccc21)C(=O)OCCO)OCCO. The van der Waals surface area contributed by atoms with Gasteiger partial charge < -0.3 is 24.2 Å². The number of esters is 2. The van der Waals surface area contributed by atoms with Crippen LogP contribution in [0.25, 0.3) is 11.1 Å². The number of fused-ring (bicyclic) bond motifs is 3. The Balaban J connectivity index is 1.91. The lowest BCUT2D eigenvalue weighted by atomic mass is 10.0. The van der Waals surface area contributed by atoms with Crippen LogP contribution in [0.2, 0.25) is 0 Å². The molecule has 2 atom stereocenters. The number of hydrogen-bond acceptors (Lipinski definition) is 8. The van der Waals surface area contributed by atoms with Gasteiger partial charge in [0.05, 0.1) is 37.0 Å². The molecular formula is C21H23O8P. The van der Waals surface area contributed by atoms with E-state index in [1.807, 2.05) is 24.3 Å². The molecule has 0 saturated heterocycles. The van der Waals surface area contributed by atoms with Crippen molar-refractivity contribution in [2.75, 3.05) is 32.6 Å². The summed E-state index contributed by atoms with van der Waals surface area (Å²) in [5.74, 6) is -2.18. The Morgan fingerprint density at radius 2 is 1.57 bits per heavy atom. The molecule has 30 heavy (non-hydrogen) atoms. The fourth-order valence-electron chi connectivity index (χ4n) is 3.31. The Morgan fingerprint density at radius 3 is 2.30 bits per heavy atom. The minimum absolute atomic E-state index is 0.207. The van der Waals surface area contributed by atoms with Crippen LogP contribution in [0, 0.1) is 5.92 Å². The highest BCUT2D eigenvalue weighted by molar-refractivity contribution is 7.67. The van der Waals surface area contributed by atoms with Gasteiger partial charge in [-0.2, -0.15) is 0 Å². The first kappa shape index (κ1) is 22.0. The minimum Gasteiger partial charge on any atom is -0.463 e. The number of aliphatic hydroxyl groups excluding tert-OH is 2. The Hall–Kier alpha value is -2.67. The lowest BCUT2D eigenvalue weighted by Crippen LogP contribution is -2.30. The van der Waals surface area contributed by atoms with Gasteiger partial charge in [-0.25, -0.2) is 0 Å². The number of ether oxygens (including phenoxy) is 2. The lowest BCUT2D eigenvalue weighted by molar-refractivity contribution is -0.155. The number of hydrogen-bond donors (Lipinski definition) is 2. The van der Waals surface area contributed by atoms with Gasteiger partial charge >= 0.3 is 11.9 Å². The quantitative estimate of drug-likeness (QED) is 0.452. The third-order valence-electron chi connectivity index (χ3n) is 4.59. The standard InChI is InChI=1S/C21H23O8P/c22-9-11-27-20(24)13-15(21(25)28-12-10-23)14-30(26)19-8-4-2-6-17(19)16-5-1-3-7-18(16)29-30/h1-8,15,22-23H,9-14H2/t15-,30+/m1/s1. The maximum absolute atomic E-state index is 13.9. The van der Waals surface area contributed by atoms with Crippen LogP contribution < -0.4 is 9.83 Å². The maximum atomic E-state index is 13.9. The number of aliphatic hydroxyl groups is 2. The van der Waals surface area contributed by atoms with E-state index in [4.69, 9.17) is 24.2 Å². The second kappa shape index (κ2) is 9.89. The molecule has 0 radical (unpaired) electrons. The molecule has 0 unspecified atom stereocenters. The molecule has 9 heteroatoms. The molecule has 0 amide bonds. The number of carbonyl (C=O) groups is 2. The molecule has 2 aromatic rings. The van der Waals surface area contributed by atoms with E-state index in [0.717, 1.165) is 11.1 Å². The molecule has 0 aromatic heterocycles. The van der Waals surface area contributed by atoms with Crippen molar-refractivity contribution in [2.45, 2.75) is 6.42 Å². The van der Waals surface area contributed by atoms with E-state index in [1.165, 1.54) is 0 Å². The first-order chi connectivity index (χ1) is 14.5. The lowest BCUT2D eigenvalue weighted by Gasteiger charge is -2.30. The summed E-state index contributed by atoms with van der Waals surface area (Å²) in [5, 5.41) is 18.2. The summed E-state index contributed by atoms with van der Waals surface area (Å²) in [4.78, 5) is 24.6. The molecule has 8 nitrogen and oxygen atoms in total. The molecule has 160 valence electrons. The second-order valence-corrected chi connectivity index (χ2v) is 9.07. The third kappa shape index (κ3) is 4.90. The summed E-state index contributed by atoms with van der Waals surface area (Å²) in [5.41, 5.74) is 1.54. The van der Waals surface area contributed by atoms with E-state index in [2.05, 4.69) is 0 Å².